The van der Waals surface area contributed by atoms with Gasteiger partial charge >= 0.3 is 35.2 Å². The maximum atomic E-state index is 10.1. The van der Waals surface area contributed by atoms with Crippen LogP contribution in [-0.2, 0) is 0 Å². The van der Waals surface area contributed by atoms with Crippen LogP contribution in [0, 0.1) is 20.2 Å². The van der Waals surface area contributed by atoms with Crippen molar-refractivity contribution in [3.63, 3.8) is 0 Å². The van der Waals surface area contributed by atoms with E-state index >= 15 is 0 Å². The zero-order chi connectivity index (χ0) is 15.1. The van der Waals surface area contributed by atoms with Crippen LogP contribution in [0.4, 0.5) is 11.4 Å². The van der Waals surface area contributed by atoms with Gasteiger partial charge in [0.15, 0.2) is 5.75 Å². The summed E-state index contributed by atoms with van der Waals surface area (Å²) in [4.78, 5) is 19.0. The molecular weight excluding hydrogens is 291 g/mol. The number of para-hydroxylation sites is 2. The van der Waals surface area contributed by atoms with E-state index in [1.165, 1.54) is 48.5 Å². The van der Waals surface area contributed by atoms with E-state index in [4.69, 9.17) is 10.2 Å². The molecule has 0 amide bonds. The van der Waals surface area contributed by atoms with Gasteiger partial charge in [-0.05, 0) is 18.2 Å². The molecule has 106 valence electrons. The van der Waals surface area contributed by atoms with E-state index in [1.807, 2.05) is 0 Å². The number of hydrogen-bond acceptors (Lipinski definition) is 6. The predicted octanol–water partition coefficient (Wildman–Crippen LogP) is -0.283. The van der Waals surface area contributed by atoms with Gasteiger partial charge in [-0.3, -0.25) is 20.2 Å². The van der Waals surface area contributed by atoms with Crippen LogP contribution in [0.5, 0.6) is 11.5 Å². The van der Waals surface area contributed by atoms with Gasteiger partial charge < -0.3 is 11.6 Å². The Morgan fingerprint density at radius 3 is 1.76 bits per heavy atom. The summed E-state index contributed by atoms with van der Waals surface area (Å²) in [5.74, 6) is -0.266. The standard InChI is InChI=1S/2C6H5NO3.Na.H/c8-6-3-1-5(2-4-6)7(9)10;8-6-4-2-1-3-5(6)7(9)10;;/h2*1-4,8H;;/q;;+1;-1. The van der Waals surface area contributed by atoms with Crippen molar-refractivity contribution < 1.29 is 51.0 Å². The smallest absolute Gasteiger partial charge is 1.00 e. The molecule has 0 heterocycles. The first-order valence-corrected chi connectivity index (χ1v) is 5.27. The van der Waals surface area contributed by atoms with E-state index in [2.05, 4.69) is 0 Å². The van der Waals surface area contributed by atoms with Crippen molar-refractivity contribution in [3.05, 3.63) is 68.8 Å². The molecule has 0 fully saturated rings. The van der Waals surface area contributed by atoms with Gasteiger partial charge in [-0.25, -0.2) is 0 Å². The Bertz CT molecular complexity index is 623. The normalized spacial score (nSPS) is 8.76. The fourth-order valence-corrected chi connectivity index (χ4v) is 1.19. The van der Waals surface area contributed by atoms with Crippen LogP contribution in [0.1, 0.15) is 1.43 Å². The van der Waals surface area contributed by atoms with Gasteiger partial charge in [0.25, 0.3) is 5.69 Å². The summed E-state index contributed by atoms with van der Waals surface area (Å²) >= 11 is 0. The Morgan fingerprint density at radius 2 is 1.38 bits per heavy atom. The molecule has 9 heteroatoms. The second kappa shape index (κ2) is 8.90. The molecule has 0 saturated heterocycles. The van der Waals surface area contributed by atoms with Crippen molar-refractivity contribution in [2.24, 2.45) is 0 Å². The quantitative estimate of drug-likeness (QED) is 0.446. The molecule has 0 atom stereocenters. The molecule has 0 radical (unpaired) electrons. The number of phenols is 2. The number of benzene rings is 2. The Kier molecular flexibility index (Phi) is 7.99. The Morgan fingerprint density at radius 1 is 0.857 bits per heavy atom. The Balaban J connectivity index is 0. The molecule has 0 aliphatic heterocycles. The number of nitro groups is 2. The first-order valence-electron chi connectivity index (χ1n) is 5.27. The van der Waals surface area contributed by atoms with E-state index in [0.717, 1.165) is 0 Å². The average Bonchev–Trinajstić information content (AvgIpc) is 2.40. The van der Waals surface area contributed by atoms with E-state index in [0.29, 0.717) is 0 Å². The maximum Gasteiger partial charge on any atom is 1.00 e. The molecule has 2 rings (SSSR count). The van der Waals surface area contributed by atoms with Crippen LogP contribution in [0.3, 0.4) is 0 Å². The van der Waals surface area contributed by atoms with Gasteiger partial charge in [0.1, 0.15) is 5.75 Å². The molecule has 0 spiro atoms. The molecule has 0 saturated carbocycles. The molecule has 2 aromatic rings. The number of phenolic OH excluding ortho intramolecular Hbond substituents is 2. The van der Waals surface area contributed by atoms with Crippen LogP contribution in [0.2, 0.25) is 0 Å². The number of non-ortho nitro benzene ring substituents is 1. The SMILES string of the molecule is O=[N+]([O-])c1ccc(O)cc1.O=[N+]([O-])c1ccccc1O.[H-].[Na+]. The second-order valence-electron chi connectivity index (χ2n) is 3.52. The first kappa shape index (κ1) is 18.8. The zero-order valence-electron chi connectivity index (χ0n) is 12.0. The summed E-state index contributed by atoms with van der Waals surface area (Å²) in [7, 11) is 0. The molecule has 0 bridgehead atoms. The number of aromatic hydroxyl groups is 2. The largest absolute Gasteiger partial charge is 1.00 e. The van der Waals surface area contributed by atoms with E-state index in [1.54, 1.807) is 0 Å². The molecule has 0 aliphatic carbocycles. The monoisotopic (exact) mass is 302 g/mol. The Hall–Kier alpha value is -2.16. The summed E-state index contributed by atoms with van der Waals surface area (Å²) < 4.78 is 0. The fourth-order valence-electron chi connectivity index (χ4n) is 1.19. The van der Waals surface area contributed by atoms with E-state index in [9.17, 15) is 20.2 Å². The van der Waals surface area contributed by atoms with Crippen molar-refractivity contribution in [2.45, 2.75) is 0 Å². The summed E-state index contributed by atoms with van der Waals surface area (Å²) in [5.41, 5.74) is -0.277. The fraction of sp³-hybridized carbons (Fsp3) is 0. The summed E-state index contributed by atoms with van der Waals surface area (Å²) in [6.45, 7) is 0. The number of nitro benzene ring substituents is 2. The van der Waals surface area contributed by atoms with Crippen molar-refractivity contribution in [1.29, 1.82) is 0 Å². The van der Waals surface area contributed by atoms with Crippen molar-refractivity contribution >= 4 is 11.4 Å². The van der Waals surface area contributed by atoms with Gasteiger partial charge in [-0.2, -0.15) is 0 Å². The zero-order valence-corrected chi connectivity index (χ0v) is 13.0. The minimum Gasteiger partial charge on any atom is -1.00 e. The molecule has 21 heavy (non-hydrogen) atoms. The maximum absolute atomic E-state index is 10.1. The van der Waals surface area contributed by atoms with Crippen molar-refractivity contribution in [3.8, 4) is 11.5 Å². The topological polar surface area (TPSA) is 127 Å². The third-order valence-electron chi connectivity index (χ3n) is 2.14. The van der Waals surface area contributed by atoms with Crippen LogP contribution in [0.15, 0.2) is 48.5 Å². The molecule has 0 aromatic heterocycles. The van der Waals surface area contributed by atoms with Gasteiger partial charge in [-0.1, -0.05) is 12.1 Å². The number of hydrogen-bond donors (Lipinski definition) is 2. The molecule has 2 N–H and O–H groups in total. The van der Waals surface area contributed by atoms with Crippen LogP contribution in [0.25, 0.3) is 0 Å². The predicted molar refractivity (Wildman–Crippen MR) is 70.6 cm³/mol. The molecule has 0 aliphatic rings. The van der Waals surface area contributed by atoms with Crippen LogP contribution < -0.4 is 29.6 Å². The summed E-state index contributed by atoms with van der Waals surface area (Å²) in [5, 5.41) is 37.7. The Labute approximate surface area is 142 Å². The summed E-state index contributed by atoms with van der Waals surface area (Å²) in [6, 6.07) is 10.6. The van der Waals surface area contributed by atoms with E-state index < -0.39 is 9.85 Å². The third kappa shape index (κ3) is 6.21. The van der Waals surface area contributed by atoms with E-state index in [-0.39, 0.29) is 53.9 Å². The second-order valence-corrected chi connectivity index (χ2v) is 3.52. The molecular formula is C12H11N2NaO6. The first-order chi connectivity index (χ1) is 9.41. The third-order valence-corrected chi connectivity index (χ3v) is 2.14. The van der Waals surface area contributed by atoms with Crippen molar-refractivity contribution in [2.75, 3.05) is 0 Å². The molecule has 2 aromatic carbocycles. The minimum atomic E-state index is -0.630. The van der Waals surface area contributed by atoms with Crippen molar-refractivity contribution in [1.82, 2.24) is 0 Å². The molecule has 8 nitrogen and oxygen atoms in total. The van der Waals surface area contributed by atoms with Crippen LogP contribution >= 0.6 is 0 Å². The number of rotatable bonds is 2. The average molecular weight is 302 g/mol. The molecule has 0 unspecified atom stereocenters. The summed E-state index contributed by atoms with van der Waals surface area (Å²) in [6.07, 6.45) is 0. The van der Waals surface area contributed by atoms with Crippen LogP contribution in [-0.4, -0.2) is 20.1 Å². The minimum absolute atomic E-state index is 0. The van der Waals surface area contributed by atoms with Gasteiger partial charge in [0.2, 0.25) is 0 Å². The number of nitrogens with zero attached hydrogens (tertiary/aromatic N) is 2. The van der Waals surface area contributed by atoms with Gasteiger partial charge in [0.05, 0.1) is 9.85 Å². The van der Waals surface area contributed by atoms with Gasteiger partial charge in [-0.15, -0.1) is 0 Å². The van der Waals surface area contributed by atoms with Gasteiger partial charge in [0, 0.05) is 18.2 Å².